The molecule has 1 aliphatic heterocycles. The summed E-state index contributed by atoms with van der Waals surface area (Å²) in [5.41, 5.74) is 3.38. The highest BCUT2D eigenvalue weighted by Crippen LogP contribution is 2.24. The summed E-state index contributed by atoms with van der Waals surface area (Å²) >= 11 is 1.40. The summed E-state index contributed by atoms with van der Waals surface area (Å²) in [6.45, 7) is 6.81. The van der Waals surface area contributed by atoms with Gasteiger partial charge in [0, 0.05) is 30.7 Å². The van der Waals surface area contributed by atoms with Crippen LogP contribution in [0.25, 0.3) is 5.69 Å². The zero-order chi connectivity index (χ0) is 21.0. The summed E-state index contributed by atoms with van der Waals surface area (Å²) in [5, 5.41) is 0.762. The van der Waals surface area contributed by atoms with Crippen LogP contribution in [-0.2, 0) is 14.6 Å². The van der Waals surface area contributed by atoms with Crippen molar-refractivity contribution in [2.75, 3.05) is 23.8 Å². The van der Waals surface area contributed by atoms with E-state index in [4.69, 9.17) is 0 Å². The number of aromatic nitrogens is 2. The number of amides is 1. The Morgan fingerprint density at radius 1 is 1.28 bits per heavy atom. The molecule has 1 unspecified atom stereocenters. The molecule has 3 rings (SSSR count). The average Bonchev–Trinajstić information content (AvgIpc) is 3.25. The summed E-state index contributed by atoms with van der Waals surface area (Å²) in [5.74, 6) is 0.505. The van der Waals surface area contributed by atoms with Gasteiger partial charge in [-0.25, -0.2) is 13.4 Å². The Hall–Kier alpha value is -1.80. The van der Waals surface area contributed by atoms with Gasteiger partial charge in [0.2, 0.25) is 5.91 Å². The van der Waals surface area contributed by atoms with Gasteiger partial charge >= 0.3 is 0 Å². The van der Waals surface area contributed by atoms with Crippen LogP contribution in [0.15, 0.2) is 35.7 Å². The maximum absolute atomic E-state index is 13.0. The monoisotopic (exact) mass is 435 g/mol. The van der Waals surface area contributed by atoms with Crippen molar-refractivity contribution in [2.45, 2.75) is 51.2 Å². The molecule has 2 heterocycles. The van der Waals surface area contributed by atoms with Gasteiger partial charge in [0.05, 0.1) is 17.3 Å². The topological polar surface area (TPSA) is 72.3 Å². The molecular formula is C21H29N3O3S2. The van der Waals surface area contributed by atoms with Gasteiger partial charge in [-0.05, 0) is 49.9 Å². The molecule has 0 saturated carbocycles. The van der Waals surface area contributed by atoms with E-state index >= 15 is 0 Å². The van der Waals surface area contributed by atoms with Gasteiger partial charge in [-0.1, -0.05) is 31.2 Å². The summed E-state index contributed by atoms with van der Waals surface area (Å²) in [6.07, 6.45) is 6.03. The molecule has 29 heavy (non-hydrogen) atoms. The third-order valence-electron chi connectivity index (χ3n) is 5.14. The second-order valence-electron chi connectivity index (χ2n) is 7.71. The molecular weight excluding hydrogens is 406 g/mol. The lowest BCUT2D eigenvalue weighted by atomic mass is 10.1. The second kappa shape index (κ2) is 9.34. The molecule has 0 N–H and O–H groups in total. The molecule has 6 nitrogen and oxygen atoms in total. The number of benzene rings is 1. The number of nitrogens with zero attached hydrogens (tertiary/aromatic N) is 3. The minimum Gasteiger partial charge on any atom is -0.338 e. The fourth-order valence-corrected chi connectivity index (χ4v) is 6.34. The van der Waals surface area contributed by atoms with Crippen LogP contribution in [0.5, 0.6) is 0 Å². The van der Waals surface area contributed by atoms with E-state index < -0.39 is 9.84 Å². The van der Waals surface area contributed by atoms with Crippen LogP contribution in [-0.4, -0.2) is 58.6 Å². The van der Waals surface area contributed by atoms with Gasteiger partial charge < -0.3 is 4.90 Å². The van der Waals surface area contributed by atoms with Crippen molar-refractivity contribution in [2.24, 2.45) is 0 Å². The van der Waals surface area contributed by atoms with E-state index in [1.807, 2.05) is 10.8 Å². The highest BCUT2D eigenvalue weighted by atomic mass is 32.2. The van der Waals surface area contributed by atoms with Crippen molar-refractivity contribution < 1.29 is 13.2 Å². The minimum atomic E-state index is -3.03. The first-order valence-corrected chi connectivity index (χ1v) is 12.8. The van der Waals surface area contributed by atoms with Crippen molar-refractivity contribution in [1.82, 2.24) is 14.5 Å². The first-order chi connectivity index (χ1) is 13.8. The number of thioether (sulfide) groups is 1. The second-order valence-corrected chi connectivity index (χ2v) is 10.9. The van der Waals surface area contributed by atoms with Gasteiger partial charge in [0.25, 0.3) is 0 Å². The van der Waals surface area contributed by atoms with E-state index in [0.29, 0.717) is 13.0 Å². The van der Waals surface area contributed by atoms with E-state index in [-0.39, 0.29) is 29.2 Å². The maximum atomic E-state index is 13.0. The first-order valence-electron chi connectivity index (χ1n) is 10.0. The number of carbonyl (C=O) groups excluding carboxylic acids is 1. The lowest BCUT2D eigenvalue weighted by Gasteiger charge is -2.28. The van der Waals surface area contributed by atoms with Crippen LogP contribution >= 0.6 is 11.8 Å². The molecule has 8 heteroatoms. The Kier molecular flexibility index (Phi) is 7.05. The molecule has 1 aromatic heterocycles. The van der Waals surface area contributed by atoms with Crippen LogP contribution in [0, 0.1) is 13.8 Å². The Balaban J connectivity index is 1.71. The Labute approximate surface area is 177 Å². The van der Waals surface area contributed by atoms with E-state index in [1.165, 1.54) is 22.9 Å². The minimum absolute atomic E-state index is 0.0134. The number of rotatable bonds is 8. The largest absolute Gasteiger partial charge is 0.338 e. The SMILES string of the molecule is CCCCN(C(=O)CSc1nccn1-c1cc(C)cc(C)c1)C1CCS(=O)(=O)C1. The van der Waals surface area contributed by atoms with Gasteiger partial charge in [-0.15, -0.1) is 0 Å². The third kappa shape index (κ3) is 5.63. The summed E-state index contributed by atoms with van der Waals surface area (Å²) in [6, 6.07) is 6.12. The summed E-state index contributed by atoms with van der Waals surface area (Å²) in [7, 11) is -3.03. The van der Waals surface area contributed by atoms with Crippen LogP contribution in [0.4, 0.5) is 0 Å². The van der Waals surface area contributed by atoms with E-state index in [9.17, 15) is 13.2 Å². The average molecular weight is 436 g/mol. The van der Waals surface area contributed by atoms with Gasteiger partial charge in [-0.2, -0.15) is 0 Å². The third-order valence-corrected chi connectivity index (χ3v) is 7.84. The fraction of sp³-hybridized carbons (Fsp3) is 0.524. The molecule has 0 aliphatic carbocycles. The Morgan fingerprint density at radius 2 is 2.00 bits per heavy atom. The van der Waals surface area contributed by atoms with Crippen LogP contribution in [0.2, 0.25) is 0 Å². The van der Waals surface area contributed by atoms with Gasteiger partial charge in [0.1, 0.15) is 0 Å². The van der Waals surface area contributed by atoms with Crippen LogP contribution < -0.4 is 0 Å². The molecule has 1 fully saturated rings. The number of hydrogen-bond donors (Lipinski definition) is 0. The quantitative estimate of drug-likeness (QED) is 0.594. The molecule has 1 amide bonds. The van der Waals surface area contributed by atoms with E-state index in [0.717, 1.165) is 23.7 Å². The normalized spacial score (nSPS) is 18.1. The predicted molar refractivity (Wildman–Crippen MR) is 117 cm³/mol. The smallest absolute Gasteiger partial charge is 0.233 e. The zero-order valence-electron chi connectivity index (χ0n) is 17.3. The number of unbranched alkanes of at least 4 members (excludes halogenated alkanes) is 1. The highest BCUT2D eigenvalue weighted by molar-refractivity contribution is 7.99. The number of aryl methyl sites for hydroxylation is 2. The van der Waals surface area contributed by atoms with E-state index in [1.54, 1.807) is 11.1 Å². The molecule has 0 radical (unpaired) electrons. The Bertz CT molecular complexity index is 949. The molecule has 1 aromatic carbocycles. The molecule has 0 bridgehead atoms. The lowest BCUT2D eigenvalue weighted by Crippen LogP contribution is -2.42. The van der Waals surface area contributed by atoms with Crippen molar-refractivity contribution in [3.8, 4) is 5.69 Å². The first kappa shape index (κ1) is 21.9. The molecule has 1 aliphatic rings. The number of hydrogen-bond acceptors (Lipinski definition) is 5. The standard InChI is InChI=1S/C21H29N3O3S2/c1-4-5-8-23(18-6-10-29(26,27)15-18)20(25)14-28-21-22-7-9-24(21)19-12-16(2)11-17(3)13-19/h7,9,11-13,18H,4-6,8,10,14-15H2,1-3H3. The zero-order valence-corrected chi connectivity index (χ0v) is 18.9. The van der Waals surface area contributed by atoms with E-state index in [2.05, 4.69) is 44.0 Å². The predicted octanol–water partition coefficient (Wildman–Crippen LogP) is 3.40. The van der Waals surface area contributed by atoms with Crippen molar-refractivity contribution in [1.29, 1.82) is 0 Å². The maximum Gasteiger partial charge on any atom is 0.233 e. The summed E-state index contributed by atoms with van der Waals surface area (Å²) < 4.78 is 25.8. The summed E-state index contributed by atoms with van der Waals surface area (Å²) in [4.78, 5) is 19.2. The Morgan fingerprint density at radius 3 is 2.62 bits per heavy atom. The number of carbonyl (C=O) groups is 1. The van der Waals surface area contributed by atoms with Gasteiger partial charge in [0.15, 0.2) is 15.0 Å². The lowest BCUT2D eigenvalue weighted by molar-refractivity contribution is -0.130. The molecule has 1 atom stereocenters. The van der Waals surface area contributed by atoms with Crippen molar-refractivity contribution in [3.05, 3.63) is 41.7 Å². The van der Waals surface area contributed by atoms with Crippen LogP contribution in [0.1, 0.15) is 37.3 Å². The van der Waals surface area contributed by atoms with Crippen molar-refractivity contribution in [3.63, 3.8) is 0 Å². The molecule has 1 saturated heterocycles. The number of imidazole rings is 1. The fourth-order valence-electron chi connectivity index (χ4n) is 3.75. The molecule has 158 valence electrons. The van der Waals surface area contributed by atoms with Crippen molar-refractivity contribution >= 4 is 27.5 Å². The molecule has 2 aromatic rings. The van der Waals surface area contributed by atoms with Gasteiger partial charge in [-0.3, -0.25) is 9.36 Å². The molecule has 0 spiro atoms. The number of sulfone groups is 1. The van der Waals surface area contributed by atoms with Crippen LogP contribution in [0.3, 0.4) is 0 Å². The highest BCUT2D eigenvalue weighted by Gasteiger charge is 2.34.